The minimum absolute atomic E-state index is 0.0266. The number of halogens is 2. The van der Waals surface area contributed by atoms with Crippen molar-refractivity contribution >= 4 is 55.8 Å². The molecule has 0 bridgehead atoms. The van der Waals surface area contributed by atoms with Crippen molar-refractivity contribution in [2.45, 2.75) is 18.2 Å². The first kappa shape index (κ1) is 20.9. The first-order chi connectivity index (χ1) is 14.3. The largest absolute Gasteiger partial charge is 0.369 e. The highest BCUT2D eigenvalue weighted by molar-refractivity contribution is 7.92. The van der Waals surface area contributed by atoms with E-state index >= 15 is 0 Å². The summed E-state index contributed by atoms with van der Waals surface area (Å²) in [4.78, 5) is 6.10. The summed E-state index contributed by atoms with van der Waals surface area (Å²) in [7, 11) is -3.80. The van der Waals surface area contributed by atoms with Crippen molar-refractivity contribution in [3.63, 3.8) is 0 Å². The molecule has 2 heterocycles. The molecule has 0 amide bonds. The molecule has 2 N–H and O–H groups in total. The van der Waals surface area contributed by atoms with Crippen molar-refractivity contribution < 1.29 is 12.8 Å². The molecule has 6 nitrogen and oxygen atoms in total. The van der Waals surface area contributed by atoms with Crippen LogP contribution in [-0.4, -0.2) is 26.5 Å². The summed E-state index contributed by atoms with van der Waals surface area (Å²) in [5, 5.41) is 5.06. The van der Waals surface area contributed by atoms with Gasteiger partial charge in [-0.1, -0.05) is 18.5 Å². The molecular weight excluding hydrogens is 447 g/mol. The SMILES string of the molecule is C[C@@H]1CCN(c2cc(F)ccc2Nc2ccc(S(=O)(=O)Nc3cscn3)cc2Cl)C1. The van der Waals surface area contributed by atoms with Gasteiger partial charge in [-0.05, 0) is 48.7 Å². The molecule has 30 heavy (non-hydrogen) atoms. The molecule has 0 saturated carbocycles. The average Bonchev–Trinajstić information content (AvgIpc) is 3.36. The summed E-state index contributed by atoms with van der Waals surface area (Å²) < 4.78 is 41.4. The Bertz CT molecular complexity index is 1160. The monoisotopic (exact) mass is 466 g/mol. The number of hydrogen-bond donors (Lipinski definition) is 2. The fourth-order valence-corrected chi connectivity index (χ4v) is 5.27. The van der Waals surface area contributed by atoms with Crippen LogP contribution in [0.15, 0.2) is 52.2 Å². The Morgan fingerprint density at radius 1 is 1.23 bits per heavy atom. The van der Waals surface area contributed by atoms with Crippen molar-refractivity contribution in [1.82, 2.24) is 4.98 Å². The number of sulfonamides is 1. The third-order valence-electron chi connectivity index (χ3n) is 4.92. The zero-order valence-electron chi connectivity index (χ0n) is 16.1. The molecule has 2 aromatic carbocycles. The van der Waals surface area contributed by atoms with Crippen LogP contribution < -0.4 is 14.9 Å². The number of thiazole rings is 1. The van der Waals surface area contributed by atoms with Crippen molar-refractivity contribution in [1.29, 1.82) is 0 Å². The normalized spacial score (nSPS) is 16.6. The molecule has 1 saturated heterocycles. The van der Waals surface area contributed by atoms with E-state index < -0.39 is 10.0 Å². The van der Waals surface area contributed by atoms with Crippen molar-refractivity contribution in [3.8, 4) is 0 Å². The zero-order chi connectivity index (χ0) is 21.3. The van der Waals surface area contributed by atoms with E-state index in [0.29, 0.717) is 17.3 Å². The van der Waals surface area contributed by atoms with Crippen LogP contribution in [0.5, 0.6) is 0 Å². The molecule has 0 spiro atoms. The van der Waals surface area contributed by atoms with E-state index in [1.54, 1.807) is 23.0 Å². The first-order valence-corrected chi connectivity index (χ1v) is 12.1. The molecule has 1 aliphatic heterocycles. The van der Waals surface area contributed by atoms with Crippen LogP contribution in [0, 0.1) is 11.7 Å². The van der Waals surface area contributed by atoms with E-state index in [2.05, 4.69) is 26.8 Å². The van der Waals surface area contributed by atoms with E-state index in [4.69, 9.17) is 11.6 Å². The maximum atomic E-state index is 13.9. The quantitative estimate of drug-likeness (QED) is 0.513. The highest BCUT2D eigenvalue weighted by Gasteiger charge is 2.22. The smallest absolute Gasteiger partial charge is 0.263 e. The Hall–Kier alpha value is -2.36. The second kappa shape index (κ2) is 8.41. The van der Waals surface area contributed by atoms with Crippen molar-refractivity contribution in [3.05, 3.63) is 58.1 Å². The number of anilines is 4. The van der Waals surface area contributed by atoms with Crippen LogP contribution >= 0.6 is 22.9 Å². The van der Waals surface area contributed by atoms with Crippen LogP contribution in [0.1, 0.15) is 13.3 Å². The number of benzene rings is 2. The van der Waals surface area contributed by atoms with Crippen LogP contribution in [0.3, 0.4) is 0 Å². The number of nitrogens with zero attached hydrogens (tertiary/aromatic N) is 2. The van der Waals surface area contributed by atoms with E-state index in [0.717, 1.165) is 25.2 Å². The summed E-state index contributed by atoms with van der Waals surface area (Å²) in [6, 6.07) is 8.99. The molecule has 1 aromatic heterocycles. The standard InChI is InChI=1S/C20H20ClFN4O2S2/c1-13-6-7-26(10-13)19-8-14(22)2-4-18(19)24-17-5-3-15(9-16(17)21)30(27,28)25-20-11-29-12-23-20/h2-5,8-9,11-13,24-25H,6-7,10H2,1H3/t13-/m1/s1. The van der Waals surface area contributed by atoms with Gasteiger partial charge in [-0.25, -0.2) is 17.8 Å². The number of aromatic nitrogens is 1. The van der Waals surface area contributed by atoms with Crippen LogP contribution in [-0.2, 0) is 10.0 Å². The van der Waals surface area contributed by atoms with Gasteiger partial charge in [0.15, 0.2) is 5.82 Å². The molecule has 1 atom stereocenters. The molecule has 10 heteroatoms. The maximum absolute atomic E-state index is 13.9. The Kier molecular flexibility index (Phi) is 5.86. The molecule has 1 aliphatic rings. The van der Waals surface area contributed by atoms with Gasteiger partial charge in [0.2, 0.25) is 0 Å². The zero-order valence-corrected chi connectivity index (χ0v) is 18.5. The van der Waals surface area contributed by atoms with E-state index in [1.807, 2.05) is 0 Å². The molecule has 158 valence electrons. The van der Waals surface area contributed by atoms with Gasteiger partial charge in [-0.3, -0.25) is 4.72 Å². The lowest BCUT2D eigenvalue weighted by atomic mass is 10.2. The van der Waals surface area contributed by atoms with Gasteiger partial charge < -0.3 is 10.2 Å². The lowest BCUT2D eigenvalue weighted by molar-refractivity contribution is 0.601. The number of hydrogen-bond acceptors (Lipinski definition) is 6. The first-order valence-electron chi connectivity index (χ1n) is 9.34. The van der Waals surface area contributed by atoms with Crippen molar-refractivity contribution in [2.75, 3.05) is 28.0 Å². The fourth-order valence-electron chi connectivity index (χ4n) is 3.39. The summed E-state index contributed by atoms with van der Waals surface area (Å²) in [6.45, 7) is 3.87. The minimum atomic E-state index is -3.80. The molecule has 0 aliphatic carbocycles. The highest BCUT2D eigenvalue weighted by atomic mass is 35.5. The van der Waals surface area contributed by atoms with Crippen LogP contribution in [0.4, 0.5) is 27.3 Å². The van der Waals surface area contributed by atoms with Gasteiger partial charge in [0, 0.05) is 18.5 Å². The average molecular weight is 467 g/mol. The summed E-state index contributed by atoms with van der Waals surface area (Å²) >= 11 is 7.67. The second-order valence-corrected chi connectivity index (χ2v) is 10.1. The van der Waals surface area contributed by atoms with Gasteiger partial charge in [0.05, 0.1) is 32.5 Å². The third-order valence-corrected chi connectivity index (χ3v) is 7.17. The van der Waals surface area contributed by atoms with Gasteiger partial charge in [-0.15, -0.1) is 11.3 Å². The maximum Gasteiger partial charge on any atom is 0.263 e. The predicted molar refractivity (Wildman–Crippen MR) is 120 cm³/mol. The topological polar surface area (TPSA) is 74.3 Å². The minimum Gasteiger partial charge on any atom is -0.369 e. The van der Waals surface area contributed by atoms with E-state index in [9.17, 15) is 12.8 Å². The number of rotatable bonds is 6. The second-order valence-electron chi connectivity index (χ2n) is 7.25. The van der Waals surface area contributed by atoms with E-state index in [-0.39, 0.29) is 21.6 Å². The van der Waals surface area contributed by atoms with Gasteiger partial charge in [-0.2, -0.15) is 0 Å². The van der Waals surface area contributed by atoms with E-state index in [1.165, 1.54) is 35.6 Å². The molecular formula is C20H20ClFN4O2S2. The van der Waals surface area contributed by atoms with Crippen LogP contribution in [0.2, 0.25) is 5.02 Å². The lowest BCUT2D eigenvalue weighted by Crippen LogP contribution is -2.20. The van der Waals surface area contributed by atoms with Crippen LogP contribution in [0.25, 0.3) is 0 Å². The molecule has 1 fully saturated rings. The molecule has 4 rings (SSSR count). The Morgan fingerprint density at radius 3 is 2.70 bits per heavy atom. The highest BCUT2D eigenvalue weighted by Crippen LogP contribution is 2.36. The summed E-state index contributed by atoms with van der Waals surface area (Å²) in [5.41, 5.74) is 3.55. The predicted octanol–water partition coefficient (Wildman–Crippen LogP) is 5.33. The van der Waals surface area contributed by atoms with Crippen molar-refractivity contribution in [2.24, 2.45) is 5.92 Å². The number of nitrogens with one attached hydrogen (secondary N) is 2. The summed E-state index contributed by atoms with van der Waals surface area (Å²) in [6.07, 6.45) is 1.05. The lowest BCUT2D eigenvalue weighted by Gasteiger charge is -2.23. The molecule has 0 unspecified atom stereocenters. The molecule has 0 radical (unpaired) electrons. The van der Waals surface area contributed by atoms with Gasteiger partial charge >= 0.3 is 0 Å². The van der Waals surface area contributed by atoms with Gasteiger partial charge in [0.25, 0.3) is 10.0 Å². The molecule has 3 aromatic rings. The fraction of sp³-hybridized carbons (Fsp3) is 0.250. The Labute approximate surface area is 183 Å². The Balaban J connectivity index is 1.59. The van der Waals surface area contributed by atoms with Gasteiger partial charge in [0.1, 0.15) is 5.82 Å². The third kappa shape index (κ3) is 4.53. The Morgan fingerprint density at radius 2 is 2.03 bits per heavy atom. The summed E-state index contributed by atoms with van der Waals surface area (Å²) in [5.74, 6) is 0.490.